The van der Waals surface area contributed by atoms with Crippen molar-refractivity contribution in [3.8, 4) is 0 Å². The number of anilines is 2. The lowest BCUT2D eigenvalue weighted by Gasteiger charge is -2.31. The zero-order valence-electron chi connectivity index (χ0n) is 19.8. The van der Waals surface area contributed by atoms with Crippen LogP contribution in [-0.2, 0) is 6.42 Å². The maximum atomic E-state index is 3.89. The molecule has 29 heavy (non-hydrogen) atoms. The molecule has 0 aliphatic carbocycles. The Morgan fingerprint density at radius 3 is 1.69 bits per heavy atom. The Hall–Kier alpha value is -1.18. The van der Waals surface area contributed by atoms with Crippen LogP contribution in [0.5, 0.6) is 0 Å². The van der Waals surface area contributed by atoms with E-state index in [-0.39, 0.29) is 5.66 Å². The van der Waals surface area contributed by atoms with Crippen LogP contribution in [0.2, 0.25) is 0 Å². The van der Waals surface area contributed by atoms with E-state index >= 15 is 0 Å². The molecule has 0 unspecified atom stereocenters. The summed E-state index contributed by atoms with van der Waals surface area (Å²) in [5.41, 5.74) is 4.23. The second-order valence-electron chi connectivity index (χ2n) is 9.35. The Balaban J connectivity index is 1.69. The fourth-order valence-electron chi connectivity index (χ4n) is 4.65. The van der Waals surface area contributed by atoms with Crippen molar-refractivity contribution in [3.63, 3.8) is 0 Å². The Morgan fingerprint density at radius 1 is 0.586 bits per heavy atom. The molecule has 0 amide bonds. The van der Waals surface area contributed by atoms with E-state index in [1.54, 1.807) is 0 Å². The molecule has 1 aromatic rings. The first-order chi connectivity index (χ1) is 14.2. The van der Waals surface area contributed by atoms with Gasteiger partial charge in [0.25, 0.3) is 0 Å². The maximum Gasteiger partial charge on any atom is 0.108 e. The van der Waals surface area contributed by atoms with Gasteiger partial charge in [0.05, 0.1) is 11.4 Å². The van der Waals surface area contributed by atoms with E-state index in [2.05, 4.69) is 49.6 Å². The summed E-state index contributed by atoms with van der Waals surface area (Å²) in [5.74, 6) is 0. The lowest BCUT2D eigenvalue weighted by atomic mass is 9.97. The molecular weight excluding hydrogens is 352 g/mol. The molecule has 2 nitrogen and oxygen atoms in total. The highest BCUT2D eigenvalue weighted by Crippen LogP contribution is 2.39. The molecule has 0 aromatic heterocycles. The van der Waals surface area contributed by atoms with Crippen LogP contribution in [-0.4, -0.2) is 5.66 Å². The molecule has 1 aliphatic heterocycles. The van der Waals surface area contributed by atoms with Gasteiger partial charge in [0.1, 0.15) is 5.66 Å². The molecule has 0 atom stereocenters. The summed E-state index contributed by atoms with van der Waals surface area (Å²) in [7, 11) is 0. The predicted molar refractivity (Wildman–Crippen MR) is 131 cm³/mol. The van der Waals surface area contributed by atoms with E-state index in [0.717, 1.165) is 0 Å². The second kappa shape index (κ2) is 13.9. The summed E-state index contributed by atoms with van der Waals surface area (Å²) in [4.78, 5) is 0. The van der Waals surface area contributed by atoms with Crippen molar-refractivity contribution in [1.29, 1.82) is 0 Å². The third-order valence-corrected chi connectivity index (χ3v) is 6.57. The van der Waals surface area contributed by atoms with Gasteiger partial charge in [-0.1, -0.05) is 97.5 Å². The highest BCUT2D eigenvalue weighted by atomic mass is 15.3. The molecule has 1 heterocycles. The minimum Gasteiger partial charge on any atom is -0.361 e. The van der Waals surface area contributed by atoms with E-state index in [1.165, 1.54) is 126 Å². The molecular formula is C27H48N2. The zero-order valence-corrected chi connectivity index (χ0v) is 19.8. The van der Waals surface area contributed by atoms with Gasteiger partial charge >= 0.3 is 0 Å². The molecule has 166 valence electrons. The Bertz CT molecular complexity index is 543. The zero-order chi connectivity index (χ0) is 20.8. The first-order valence-electron chi connectivity index (χ1n) is 12.9. The number of unbranched alkanes of at least 4 members (excludes halogenated alkanes) is 11. The lowest BCUT2D eigenvalue weighted by Crippen LogP contribution is -2.41. The van der Waals surface area contributed by atoms with Gasteiger partial charge in [0.2, 0.25) is 0 Å². The van der Waals surface area contributed by atoms with Gasteiger partial charge in [-0.2, -0.15) is 0 Å². The van der Waals surface area contributed by atoms with Crippen molar-refractivity contribution in [1.82, 2.24) is 0 Å². The molecule has 0 fully saturated rings. The number of nitrogens with one attached hydrogen (secondary N) is 2. The van der Waals surface area contributed by atoms with Crippen molar-refractivity contribution in [3.05, 3.63) is 23.8 Å². The van der Waals surface area contributed by atoms with Gasteiger partial charge in [0.15, 0.2) is 0 Å². The van der Waals surface area contributed by atoms with Crippen molar-refractivity contribution < 1.29 is 0 Å². The van der Waals surface area contributed by atoms with Crippen LogP contribution in [0.4, 0.5) is 11.4 Å². The highest BCUT2D eigenvalue weighted by molar-refractivity contribution is 5.76. The predicted octanol–water partition coefficient (Wildman–Crippen LogP) is 9.06. The van der Waals surface area contributed by atoms with Gasteiger partial charge in [-0.3, -0.25) is 0 Å². The van der Waals surface area contributed by atoms with Crippen LogP contribution in [0, 0.1) is 0 Å². The van der Waals surface area contributed by atoms with E-state index in [1.807, 2.05) is 0 Å². The Morgan fingerprint density at radius 2 is 1.10 bits per heavy atom. The summed E-state index contributed by atoms with van der Waals surface area (Å²) >= 11 is 0. The number of hydrogen-bond donors (Lipinski definition) is 2. The SMILES string of the molecule is CCCCCCCCCCCCc1ccc2c(c1)NC(CCCC)(CCCC)N2. The molecule has 1 aromatic carbocycles. The van der Waals surface area contributed by atoms with Crippen LogP contribution in [0.3, 0.4) is 0 Å². The number of hydrogen-bond acceptors (Lipinski definition) is 2. The first-order valence-corrected chi connectivity index (χ1v) is 12.9. The number of benzene rings is 1. The van der Waals surface area contributed by atoms with Gasteiger partial charge in [0, 0.05) is 0 Å². The van der Waals surface area contributed by atoms with Crippen LogP contribution >= 0.6 is 0 Å². The fraction of sp³-hybridized carbons (Fsp3) is 0.778. The van der Waals surface area contributed by atoms with Crippen molar-refractivity contribution in [2.75, 3.05) is 10.6 Å². The third-order valence-electron chi connectivity index (χ3n) is 6.57. The van der Waals surface area contributed by atoms with Crippen LogP contribution < -0.4 is 10.6 Å². The number of fused-ring (bicyclic) bond motifs is 1. The van der Waals surface area contributed by atoms with E-state index in [4.69, 9.17) is 0 Å². The summed E-state index contributed by atoms with van der Waals surface area (Å²) in [6.07, 6.45) is 22.8. The summed E-state index contributed by atoms with van der Waals surface area (Å²) in [6, 6.07) is 7.07. The largest absolute Gasteiger partial charge is 0.361 e. The van der Waals surface area contributed by atoms with Gasteiger partial charge in [-0.15, -0.1) is 0 Å². The van der Waals surface area contributed by atoms with Crippen LogP contribution in [0.25, 0.3) is 0 Å². The monoisotopic (exact) mass is 400 g/mol. The summed E-state index contributed by atoms with van der Waals surface area (Å²) in [5, 5.41) is 7.73. The Labute approximate surface area is 181 Å². The fourth-order valence-corrected chi connectivity index (χ4v) is 4.65. The van der Waals surface area contributed by atoms with Crippen LogP contribution in [0.1, 0.15) is 129 Å². The molecule has 0 saturated carbocycles. The van der Waals surface area contributed by atoms with Gasteiger partial charge in [-0.25, -0.2) is 0 Å². The minimum atomic E-state index is 0.0874. The first kappa shape index (κ1) is 24.1. The molecule has 0 saturated heterocycles. The van der Waals surface area contributed by atoms with Crippen molar-refractivity contribution in [2.45, 2.75) is 136 Å². The topological polar surface area (TPSA) is 24.1 Å². The summed E-state index contributed by atoms with van der Waals surface area (Å²) in [6.45, 7) is 6.88. The molecule has 0 radical (unpaired) electrons. The minimum absolute atomic E-state index is 0.0874. The summed E-state index contributed by atoms with van der Waals surface area (Å²) < 4.78 is 0. The second-order valence-corrected chi connectivity index (χ2v) is 9.35. The normalized spacial score (nSPS) is 14.4. The Kier molecular flexibility index (Phi) is 11.6. The number of aryl methyl sites for hydroxylation is 1. The van der Waals surface area contributed by atoms with Gasteiger partial charge in [-0.05, 0) is 56.2 Å². The quantitative estimate of drug-likeness (QED) is 0.255. The van der Waals surface area contributed by atoms with E-state index in [9.17, 15) is 0 Å². The molecule has 2 heteroatoms. The van der Waals surface area contributed by atoms with E-state index in [0.29, 0.717) is 0 Å². The highest BCUT2D eigenvalue weighted by Gasteiger charge is 2.34. The standard InChI is InChI=1S/C27H48N2/c1-4-7-10-11-12-13-14-15-16-17-18-24-19-20-25-26(23-24)29-27(28-25,21-8-5-2)22-9-6-3/h19-20,23,28-29H,4-18,21-22H2,1-3H3. The average Bonchev–Trinajstić information content (AvgIpc) is 3.10. The van der Waals surface area contributed by atoms with Crippen LogP contribution in [0.15, 0.2) is 18.2 Å². The average molecular weight is 401 g/mol. The maximum absolute atomic E-state index is 3.89. The smallest absolute Gasteiger partial charge is 0.108 e. The van der Waals surface area contributed by atoms with Crippen molar-refractivity contribution in [2.24, 2.45) is 0 Å². The molecule has 0 spiro atoms. The van der Waals surface area contributed by atoms with E-state index < -0.39 is 0 Å². The molecule has 2 N–H and O–H groups in total. The molecule has 1 aliphatic rings. The number of rotatable bonds is 17. The lowest BCUT2D eigenvalue weighted by molar-refractivity contribution is 0.430. The van der Waals surface area contributed by atoms with Crippen molar-refractivity contribution >= 4 is 11.4 Å². The molecule has 0 bridgehead atoms. The van der Waals surface area contributed by atoms with Gasteiger partial charge < -0.3 is 10.6 Å². The third kappa shape index (κ3) is 8.60. The molecule has 2 rings (SSSR count).